The van der Waals surface area contributed by atoms with Crippen molar-refractivity contribution in [2.45, 2.75) is 38.8 Å². The molecule has 0 aliphatic rings. The second-order valence-corrected chi connectivity index (χ2v) is 5.24. The number of phenols is 1. The van der Waals surface area contributed by atoms with Gasteiger partial charge in [0.05, 0.1) is 6.04 Å². The lowest BCUT2D eigenvalue weighted by molar-refractivity contribution is -0.123. The first-order valence-corrected chi connectivity index (χ1v) is 6.99. The highest BCUT2D eigenvalue weighted by molar-refractivity contribution is 5.82. The maximum atomic E-state index is 11.8. The van der Waals surface area contributed by atoms with E-state index in [1.807, 2.05) is 13.8 Å². The minimum Gasteiger partial charge on any atom is -0.508 e. The molecule has 1 atom stereocenters. The van der Waals surface area contributed by atoms with Gasteiger partial charge in [0.15, 0.2) is 0 Å². The van der Waals surface area contributed by atoms with Gasteiger partial charge in [0.1, 0.15) is 5.75 Å². The molecule has 5 N–H and O–H groups in total. The van der Waals surface area contributed by atoms with Crippen molar-refractivity contribution >= 4 is 11.8 Å². The van der Waals surface area contributed by atoms with Gasteiger partial charge in [-0.05, 0) is 38.0 Å². The van der Waals surface area contributed by atoms with E-state index in [0.29, 0.717) is 6.42 Å². The van der Waals surface area contributed by atoms with Crippen molar-refractivity contribution in [1.29, 1.82) is 0 Å². The molecule has 1 aromatic carbocycles. The molecule has 0 bridgehead atoms. The number of aromatic hydroxyl groups is 1. The van der Waals surface area contributed by atoms with E-state index < -0.39 is 6.04 Å². The van der Waals surface area contributed by atoms with Crippen molar-refractivity contribution < 1.29 is 14.7 Å². The summed E-state index contributed by atoms with van der Waals surface area (Å²) >= 11 is 0. The molecule has 0 spiro atoms. The second kappa shape index (κ2) is 8.26. The summed E-state index contributed by atoms with van der Waals surface area (Å²) in [5.74, 6) is -0.217. The van der Waals surface area contributed by atoms with Gasteiger partial charge in [0, 0.05) is 19.0 Å². The van der Waals surface area contributed by atoms with Gasteiger partial charge in [0.2, 0.25) is 11.8 Å². The van der Waals surface area contributed by atoms with Crippen molar-refractivity contribution in [2.75, 3.05) is 6.54 Å². The quantitative estimate of drug-likeness (QED) is 0.580. The topological polar surface area (TPSA) is 104 Å². The van der Waals surface area contributed by atoms with E-state index in [4.69, 9.17) is 5.73 Å². The van der Waals surface area contributed by atoms with E-state index in [-0.39, 0.29) is 36.6 Å². The Labute approximate surface area is 124 Å². The fourth-order valence-electron chi connectivity index (χ4n) is 1.80. The molecular weight excluding hydrogens is 270 g/mol. The molecule has 1 aromatic rings. The van der Waals surface area contributed by atoms with Crippen LogP contribution in [0.25, 0.3) is 0 Å². The van der Waals surface area contributed by atoms with E-state index in [2.05, 4.69) is 10.6 Å². The van der Waals surface area contributed by atoms with Crippen molar-refractivity contribution in [3.8, 4) is 5.75 Å². The zero-order valence-corrected chi connectivity index (χ0v) is 12.4. The summed E-state index contributed by atoms with van der Waals surface area (Å²) in [5.41, 5.74) is 6.68. The predicted molar refractivity (Wildman–Crippen MR) is 80.7 cm³/mol. The Hall–Kier alpha value is -2.08. The van der Waals surface area contributed by atoms with E-state index >= 15 is 0 Å². The normalized spacial score (nSPS) is 12.0. The third kappa shape index (κ3) is 6.76. The lowest BCUT2D eigenvalue weighted by Gasteiger charge is -2.13. The summed E-state index contributed by atoms with van der Waals surface area (Å²) < 4.78 is 0. The van der Waals surface area contributed by atoms with Gasteiger partial charge in [-0.3, -0.25) is 9.59 Å². The number of nitrogens with two attached hydrogens (primary N) is 1. The summed E-state index contributed by atoms with van der Waals surface area (Å²) in [7, 11) is 0. The number of nitrogens with one attached hydrogen (secondary N) is 2. The Morgan fingerprint density at radius 2 is 1.86 bits per heavy atom. The number of hydrogen-bond donors (Lipinski definition) is 4. The van der Waals surface area contributed by atoms with Crippen LogP contribution in [0, 0.1) is 0 Å². The van der Waals surface area contributed by atoms with Crippen LogP contribution < -0.4 is 16.4 Å². The van der Waals surface area contributed by atoms with Gasteiger partial charge in [-0.25, -0.2) is 0 Å². The van der Waals surface area contributed by atoms with Gasteiger partial charge in [-0.15, -0.1) is 0 Å². The largest absolute Gasteiger partial charge is 0.508 e. The van der Waals surface area contributed by atoms with Crippen LogP contribution in [0.4, 0.5) is 0 Å². The van der Waals surface area contributed by atoms with Crippen LogP contribution in [0.3, 0.4) is 0 Å². The molecule has 1 rings (SSSR count). The molecule has 1 unspecified atom stereocenters. The van der Waals surface area contributed by atoms with Crippen LogP contribution in [0.15, 0.2) is 24.3 Å². The first-order valence-electron chi connectivity index (χ1n) is 6.99. The molecule has 0 saturated heterocycles. The van der Waals surface area contributed by atoms with Crippen molar-refractivity contribution in [1.82, 2.24) is 10.6 Å². The van der Waals surface area contributed by atoms with E-state index in [0.717, 1.165) is 5.56 Å². The average Bonchev–Trinajstić information content (AvgIpc) is 2.40. The molecule has 2 amide bonds. The summed E-state index contributed by atoms with van der Waals surface area (Å²) in [6.45, 7) is 4.02. The highest BCUT2D eigenvalue weighted by Crippen LogP contribution is 2.10. The summed E-state index contributed by atoms with van der Waals surface area (Å²) in [6.07, 6.45) is 0.611. The lowest BCUT2D eigenvalue weighted by atomic mass is 10.1. The van der Waals surface area contributed by atoms with Crippen LogP contribution >= 0.6 is 0 Å². The van der Waals surface area contributed by atoms with E-state index in [9.17, 15) is 14.7 Å². The molecule has 0 aliphatic carbocycles. The monoisotopic (exact) mass is 293 g/mol. The fraction of sp³-hybridized carbons (Fsp3) is 0.467. The van der Waals surface area contributed by atoms with Crippen LogP contribution in [0.2, 0.25) is 0 Å². The number of carbonyl (C=O) groups excluding carboxylic acids is 2. The van der Waals surface area contributed by atoms with Gasteiger partial charge >= 0.3 is 0 Å². The molecule has 6 nitrogen and oxygen atoms in total. The minimum absolute atomic E-state index is 0.0879. The minimum atomic E-state index is -0.678. The Morgan fingerprint density at radius 3 is 2.43 bits per heavy atom. The van der Waals surface area contributed by atoms with Crippen molar-refractivity contribution in [2.24, 2.45) is 5.73 Å². The number of amides is 2. The molecule has 0 aliphatic heterocycles. The molecule has 0 heterocycles. The van der Waals surface area contributed by atoms with Gasteiger partial charge in [-0.2, -0.15) is 0 Å². The molecule has 116 valence electrons. The maximum absolute atomic E-state index is 11.8. The van der Waals surface area contributed by atoms with Gasteiger partial charge in [0.25, 0.3) is 0 Å². The third-order valence-corrected chi connectivity index (χ3v) is 2.83. The van der Waals surface area contributed by atoms with Crippen LogP contribution in [0.1, 0.15) is 25.8 Å². The fourth-order valence-corrected chi connectivity index (χ4v) is 1.80. The first kappa shape index (κ1) is 17.0. The zero-order chi connectivity index (χ0) is 15.8. The molecule has 0 saturated carbocycles. The molecule has 0 fully saturated rings. The summed E-state index contributed by atoms with van der Waals surface area (Å²) in [4.78, 5) is 23.2. The zero-order valence-electron chi connectivity index (χ0n) is 12.4. The van der Waals surface area contributed by atoms with E-state index in [1.54, 1.807) is 24.3 Å². The molecule has 6 heteroatoms. The number of hydrogen-bond acceptors (Lipinski definition) is 4. The highest BCUT2D eigenvalue weighted by Gasteiger charge is 2.14. The molecule has 21 heavy (non-hydrogen) atoms. The van der Waals surface area contributed by atoms with Crippen LogP contribution in [-0.4, -0.2) is 35.5 Å². The Kier molecular flexibility index (Phi) is 6.68. The lowest BCUT2D eigenvalue weighted by Crippen LogP contribution is -2.43. The second-order valence-electron chi connectivity index (χ2n) is 5.24. The van der Waals surface area contributed by atoms with Crippen molar-refractivity contribution in [3.63, 3.8) is 0 Å². The molecular formula is C15H23N3O3. The third-order valence-electron chi connectivity index (χ3n) is 2.83. The smallest absolute Gasteiger partial charge is 0.237 e. The Bertz CT molecular complexity index is 472. The number of rotatable bonds is 7. The predicted octanol–water partition coefficient (Wildman–Crippen LogP) is 0.293. The van der Waals surface area contributed by atoms with E-state index in [1.165, 1.54) is 0 Å². The number of benzene rings is 1. The standard InChI is InChI=1S/C15H23N3O3/c1-10(2)18-14(20)7-8-17-15(21)13(16)9-11-3-5-12(19)6-4-11/h3-6,10,13,19H,7-9,16H2,1-2H3,(H,17,21)(H,18,20). The first-order chi connectivity index (χ1) is 9.88. The van der Waals surface area contributed by atoms with Gasteiger partial charge < -0.3 is 21.5 Å². The Morgan fingerprint density at radius 1 is 1.24 bits per heavy atom. The van der Waals surface area contributed by atoms with Crippen LogP contribution in [-0.2, 0) is 16.0 Å². The average molecular weight is 293 g/mol. The summed E-state index contributed by atoms with van der Waals surface area (Å²) in [6, 6.07) is 5.96. The SMILES string of the molecule is CC(C)NC(=O)CCNC(=O)C(N)Cc1ccc(O)cc1. The summed E-state index contributed by atoms with van der Waals surface area (Å²) in [5, 5.41) is 14.6. The van der Waals surface area contributed by atoms with Gasteiger partial charge in [-0.1, -0.05) is 12.1 Å². The number of carbonyl (C=O) groups is 2. The maximum Gasteiger partial charge on any atom is 0.237 e. The molecule has 0 radical (unpaired) electrons. The van der Waals surface area contributed by atoms with Crippen molar-refractivity contribution in [3.05, 3.63) is 29.8 Å². The Balaban J connectivity index is 2.31. The van der Waals surface area contributed by atoms with Crippen LogP contribution in [0.5, 0.6) is 5.75 Å². The highest BCUT2D eigenvalue weighted by atomic mass is 16.3. The number of phenolic OH excluding ortho intramolecular Hbond substituents is 1. The molecule has 0 aromatic heterocycles.